The number of anilines is 3. The normalized spacial score (nSPS) is 21.0. The van der Waals surface area contributed by atoms with Crippen LogP contribution in [0.15, 0.2) is 30.3 Å². The molecule has 128 valence electrons. The van der Waals surface area contributed by atoms with Crippen LogP contribution in [0.25, 0.3) is 0 Å². The first-order valence-corrected chi connectivity index (χ1v) is 9.01. The molecule has 0 unspecified atom stereocenters. The summed E-state index contributed by atoms with van der Waals surface area (Å²) in [4.78, 5) is 2.13. The fraction of sp³-hybridized carbons (Fsp3) is 0.350. The Morgan fingerprint density at radius 2 is 2.08 bits per heavy atom. The van der Waals surface area contributed by atoms with Gasteiger partial charge in [0.15, 0.2) is 0 Å². The minimum absolute atomic E-state index is 0.489. The zero-order valence-corrected chi connectivity index (χ0v) is 15.2. The van der Waals surface area contributed by atoms with Gasteiger partial charge in [-0.3, -0.25) is 0 Å². The van der Waals surface area contributed by atoms with E-state index in [4.69, 9.17) is 16.9 Å². The van der Waals surface area contributed by atoms with Gasteiger partial charge in [-0.1, -0.05) is 11.6 Å². The molecule has 0 saturated carbocycles. The van der Waals surface area contributed by atoms with Gasteiger partial charge in [0, 0.05) is 42.6 Å². The Kier molecular flexibility index (Phi) is 4.07. The highest BCUT2D eigenvalue weighted by atomic mass is 35.5. The predicted molar refractivity (Wildman–Crippen MR) is 103 cm³/mol. The lowest BCUT2D eigenvalue weighted by atomic mass is 9.89. The Labute approximate surface area is 153 Å². The van der Waals surface area contributed by atoms with Gasteiger partial charge >= 0.3 is 0 Å². The molecule has 4 nitrogen and oxygen atoms in total. The van der Waals surface area contributed by atoms with Crippen LogP contribution in [0, 0.1) is 18.3 Å². The third-order valence-electron chi connectivity index (χ3n) is 5.41. The number of hydrogen-bond acceptors (Lipinski definition) is 4. The Morgan fingerprint density at radius 1 is 1.24 bits per heavy atom. The average Bonchev–Trinajstić information content (AvgIpc) is 3.00. The molecule has 5 heteroatoms. The van der Waals surface area contributed by atoms with E-state index in [1.165, 1.54) is 16.8 Å². The molecule has 2 heterocycles. The summed E-state index contributed by atoms with van der Waals surface area (Å²) in [5, 5.41) is 16.8. The van der Waals surface area contributed by atoms with E-state index in [1.807, 2.05) is 19.2 Å². The maximum Gasteiger partial charge on any atom is 0.101 e. The highest BCUT2D eigenvalue weighted by Gasteiger charge is 2.35. The number of rotatable bonds is 2. The minimum atomic E-state index is 0.489. The Bertz CT molecular complexity index is 871. The Balaban J connectivity index is 1.71. The fourth-order valence-electron chi connectivity index (χ4n) is 3.97. The van der Waals surface area contributed by atoms with Gasteiger partial charge in [0.25, 0.3) is 0 Å². The smallest absolute Gasteiger partial charge is 0.101 e. The highest BCUT2D eigenvalue weighted by molar-refractivity contribution is 6.32. The number of fused-ring (bicyclic) bond motifs is 3. The Morgan fingerprint density at radius 3 is 2.84 bits per heavy atom. The maximum absolute atomic E-state index is 9.06. The second kappa shape index (κ2) is 6.25. The molecular formula is C20H21ClN4. The van der Waals surface area contributed by atoms with Gasteiger partial charge in [0.2, 0.25) is 0 Å². The summed E-state index contributed by atoms with van der Waals surface area (Å²) < 4.78 is 0. The van der Waals surface area contributed by atoms with Gasteiger partial charge in [-0.25, -0.2) is 0 Å². The number of nitrogens with zero attached hydrogens (tertiary/aromatic N) is 2. The molecule has 2 aromatic rings. The number of piperidine rings is 1. The summed E-state index contributed by atoms with van der Waals surface area (Å²) in [7, 11) is 2.04. The average molecular weight is 353 g/mol. The van der Waals surface area contributed by atoms with Crippen molar-refractivity contribution in [2.45, 2.75) is 25.3 Å². The van der Waals surface area contributed by atoms with Gasteiger partial charge in [0.1, 0.15) is 6.07 Å². The van der Waals surface area contributed by atoms with Crippen molar-refractivity contribution < 1.29 is 0 Å². The zero-order chi connectivity index (χ0) is 17.6. The molecule has 25 heavy (non-hydrogen) atoms. The quantitative estimate of drug-likeness (QED) is 0.852. The molecule has 1 fully saturated rings. The number of benzene rings is 2. The Hall–Kier alpha value is -2.22. The maximum atomic E-state index is 9.06. The first kappa shape index (κ1) is 16.3. The third kappa shape index (κ3) is 2.74. The molecule has 0 radical (unpaired) electrons. The van der Waals surface area contributed by atoms with Gasteiger partial charge < -0.3 is 15.5 Å². The van der Waals surface area contributed by atoms with Crippen LogP contribution in [0.1, 0.15) is 29.0 Å². The van der Waals surface area contributed by atoms with Crippen LogP contribution in [0.2, 0.25) is 5.02 Å². The SMILES string of the molecule is Cc1cc(N(C)c2ccc(C#N)c(Cl)c2)cc2c1N[C@H]1CCNC[C@@H]21. The van der Waals surface area contributed by atoms with Gasteiger partial charge in [0.05, 0.1) is 10.6 Å². The summed E-state index contributed by atoms with van der Waals surface area (Å²) >= 11 is 6.21. The molecule has 1 saturated heterocycles. The lowest BCUT2D eigenvalue weighted by molar-refractivity contribution is 0.440. The molecule has 2 aliphatic rings. The molecule has 0 aromatic heterocycles. The lowest BCUT2D eigenvalue weighted by Gasteiger charge is -2.26. The fourth-order valence-corrected chi connectivity index (χ4v) is 4.19. The topological polar surface area (TPSA) is 51.1 Å². The molecule has 0 bridgehead atoms. The van der Waals surface area contributed by atoms with Crippen molar-refractivity contribution in [3.8, 4) is 6.07 Å². The van der Waals surface area contributed by atoms with Gasteiger partial charge in [-0.15, -0.1) is 0 Å². The van der Waals surface area contributed by atoms with Crippen LogP contribution in [0.5, 0.6) is 0 Å². The summed E-state index contributed by atoms with van der Waals surface area (Å²) in [6.45, 7) is 4.28. The van der Waals surface area contributed by atoms with E-state index in [2.05, 4.69) is 40.7 Å². The second-order valence-corrected chi connectivity index (χ2v) is 7.32. The van der Waals surface area contributed by atoms with Crippen LogP contribution >= 0.6 is 11.6 Å². The summed E-state index contributed by atoms with van der Waals surface area (Å²) in [5.41, 5.74) is 6.60. The molecule has 2 aliphatic heterocycles. The molecule has 4 rings (SSSR count). The van der Waals surface area contributed by atoms with Crippen molar-refractivity contribution in [2.24, 2.45) is 0 Å². The largest absolute Gasteiger partial charge is 0.381 e. The molecule has 2 atom stereocenters. The van der Waals surface area contributed by atoms with Crippen molar-refractivity contribution in [3.05, 3.63) is 52.0 Å². The third-order valence-corrected chi connectivity index (χ3v) is 5.72. The molecule has 0 amide bonds. The van der Waals surface area contributed by atoms with Crippen molar-refractivity contribution in [1.82, 2.24) is 5.32 Å². The van der Waals surface area contributed by atoms with E-state index in [0.717, 1.165) is 30.9 Å². The zero-order valence-electron chi connectivity index (χ0n) is 14.4. The number of nitrogens with one attached hydrogen (secondary N) is 2. The number of nitriles is 1. The van der Waals surface area contributed by atoms with Crippen LogP contribution in [0.3, 0.4) is 0 Å². The van der Waals surface area contributed by atoms with Crippen LogP contribution < -0.4 is 15.5 Å². The van der Waals surface area contributed by atoms with Crippen molar-refractivity contribution in [1.29, 1.82) is 5.26 Å². The highest BCUT2D eigenvalue weighted by Crippen LogP contribution is 2.43. The number of aryl methyl sites for hydroxylation is 1. The van der Waals surface area contributed by atoms with E-state index >= 15 is 0 Å². The van der Waals surface area contributed by atoms with Crippen molar-refractivity contribution in [3.63, 3.8) is 0 Å². The summed E-state index contributed by atoms with van der Waals surface area (Å²) in [6.07, 6.45) is 1.16. The lowest BCUT2D eigenvalue weighted by Crippen LogP contribution is -2.38. The van der Waals surface area contributed by atoms with E-state index in [9.17, 15) is 0 Å². The van der Waals surface area contributed by atoms with Crippen LogP contribution in [-0.2, 0) is 0 Å². The van der Waals surface area contributed by atoms with Crippen LogP contribution in [0.4, 0.5) is 17.1 Å². The van der Waals surface area contributed by atoms with E-state index in [0.29, 0.717) is 22.5 Å². The van der Waals surface area contributed by atoms with Crippen molar-refractivity contribution >= 4 is 28.7 Å². The van der Waals surface area contributed by atoms with E-state index in [-0.39, 0.29) is 0 Å². The monoisotopic (exact) mass is 352 g/mol. The summed E-state index contributed by atoms with van der Waals surface area (Å²) in [5.74, 6) is 0.528. The standard InChI is InChI=1S/C20H21ClN4/c1-12-7-15(25(2)14-4-3-13(10-22)18(21)9-14)8-16-17-11-23-6-5-19(17)24-20(12)16/h3-4,7-9,17,19,23-24H,5-6,11H2,1-2H3/t17-,19-/m0/s1. The predicted octanol–water partition coefficient (Wildman–Crippen LogP) is 4.16. The molecule has 0 aliphatic carbocycles. The van der Waals surface area contributed by atoms with E-state index in [1.54, 1.807) is 6.07 Å². The second-order valence-electron chi connectivity index (χ2n) is 6.91. The van der Waals surface area contributed by atoms with Gasteiger partial charge in [-0.2, -0.15) is 5.26 Å². The summed E-state index contributed by atoms with van der Waals surface area (Å²) in [6, 6.07) is 12.7. The number of hydrogen-bond donors (Lipinski definition) is 2. The minimum Gasteiger partial charge on any atom is -0.381 e. The molecular weight excluding hydrogens is 332 g/mol. The first-order valence-electron chi connectivity index (χ1n) is 8.63. The van der Waals surface area contributed by atoms with Crippen LogP contribution in [-0.4, -0.2) is 26.2 Å². The first-order chi connectivity index (χ1) is 12.1. The number of halogens is 1. The molecule has 2 aromatic carbocycles. The molecule has 2 N–H and O–H groups in total. The molecule has 0 spiro atoms. The van der Waals surface area contributed by atoms with Crippen molar-refractivity contribution in [2.75, 3.05) is 30.4 Å². The van der Waals surface area contributed by atoms with Gasteiger partial charge in [-0.05, 0) is 61.3 Å². The van der Waals surface area contributed by atoms with E-state index < -0.39 is 0 Å².